The molecule has 1 aromatic heterocycles. The molecule has 0 radical (unpaired) electrons. The van der Waals surface area contributed by atoms with E-state index >= 15 is 0 Å². The topological polar surface area (TPSA) is 56.7 Å². The standard InChI is InChI=1S/C17H21BrFN3OS.HI/c1-3-20-16(21-9-12-6-14(18)8-15(19)7-12)22-11-17(2,23)13-4-5-24-10-13;/h4-8,10,23H,3,9,11H2,1-2H3,(H2,20,21,22);1H. The van der Waals surface area contributed by atoms with Gasteiger partial charge < -0.3 is 15.7 Å². The zero-order valence-corrected chi connectivity index (χ0v) is 18.8. The number of guanidine groups is 1. The summed E-state index contributed by atoms with van der Waals surface area (Å²) in [4.78, 5) is 4.45. The van der Waals surface area contributed by atoms with Gasteiger partial charge in [0.25, 0.3) is 0 Å². The smallest absolute Gasteiger partial charge is 0.191 e. The van der Waals surface area contributed by atoms with E-state index in [2.05, 4.69) is 31.6 Å². The molecular formula is C17H22BrFIN3OS. The highest BCUT2D eigenvalue weighted by molar-refractivity contribution is 14.0. The minimum atomic E-state index is -0.988. The van der Waals surface area contributed by atoms with Crippen molar-refractivity contribution in [1.82, 2.24) is 10.6 Å². The molecule has 1 atom stereocenters. The molecule has 1 aromatic carbocycles. The summed E-state index contributed by atoms with van der Waals surface area (Å²) in [6.45, 7) is 5.08. The van der Waals surface area contributed by atoms with Gasteiger partial charge in [0.2, 0.25) is 0 Å². The van der Waals surface area contributed by atoms with Crippen LogP contribution in [0.15, 0.2) is 44.5 Å². The van der Waals surface area contributed by atoms with Crippen LogP contribution in [0.2, 0.25) is 0 Å². The molecule has 0 spiro atoms. The van der Waals surface area contributed by atoms with Gasteiger partial charge in [-0.1, -0.05) is 15.9 Å². The fourth-order valence-corrected chi connectivity index (χ4v) is 3.44. The Bertz CT molecular complexity index is 675. The molecule has 1 heterocycles. The van der Waals surface area contributed by atoms with Crippen molar-refractivity contribution >= 4 is 57.2 Å². The maximum atomic E-state index is 13.4. The summed E-state index contributed by atoms with van der Waals surface area (Å²) >= 11 is 4.83. The molecule has 8 heteroatoms. The summed E-state index contributed by atoms with van der Waals surface area (Å²) in [5, 5.41) is 20.7. The first-order valence-corrected chi connectivity index (χ1v) is 9.36. The summed E-state index contributed by atoms with van der Waals surface area (Å²) in [5.74, 6) is 0.279. The van der Waals surface area contributed by atoms with Gasteiger partial charge in [-0.05, 0) is 60.0 Å². The molecule has 0 saturated carbocycles. The predicted molar refractivity (Wildman–Crippen MR) is 116 cm³/mol. The van der Waals surface area contributed by atoms with Crippen LogP contribution in [0.5, 0.6) is 0 Å². The molecule has 138 valence electrons. The van der Waals surface area contributed by atoms with E-state index in [0.717, 1.165) is 11.1 Å². The van der Waals surface area contributed by atoms with Gasteiger partial charge in [0.05, 0.1) is 13.1 Å². The molecule has 1 unspecified atom stereocenters. The molecule has 2 rings (SSSR count). The first-order valence-electron chi connectivity index (χ1n) is 7.63. The van der Waals surface area contributed by atoms with Crippen LogP contribution in [0.25, 0.3) is 0 Å². The first kappa shape index (κ1) is 22.3. The van der Waals surface area contributed by atoms with Gasteiger partial charge in [-0.2, -0.15) is 11.3 Å². The van der Waals surface area contributed by atoms with Crippen molar-refractivity contribution in [1.29, 1.82) is 0 Å². The highest BCUT2D eigenvalue weighted by Crippen LogP contribution is 2.22. The quantitative estimate of drug-likeness (QED) is 0.291. The molecule has 0 bridgehead atoms. The van der Waals surface area contributed by atoms with Crippen molar-refractivity contribution in [3.05, 3.63) is 56.4 Å². The van der Waals surface area contributed by atoms with Crippen molar-refractivity contribution in [2.45, 2.75) is 26.0 Å². The zero-order valence-electron chi connectivity index (χ0n) is 14.1. The lowest BCUT2D eigenvalue weighted by Crippen LogP contribution is -2.44. The molecule has 0 aliphatic rings. The third-order valence-corrected chi connectivity index (χ3v) is 4.57. The van der Waals surface area contributed by atoms with Gasteiger partial charge in [-0.15, -0.1) is 24.0 Å². The average molecular weight is 542 g/mol. The molecule has 0 aliphatic carbocycles. The number of aliphatic imine (C=N–C) groups is 1. The third kappa shape index (κ3) is 7.20. The van der Waals surface area contributed by atoms with Crippen LogP contribution >= 0.6 is 51.2 Å². The monoisotopic (exact) mass is 541 g/mol. The number of thiophene rings is 1. The number of rotatable bonds is 6. The van der Waals surface area contributed by atoms with Crippen LogP contribution < -0.4 is 10.6 Å². The number of nitrogens with one attached hydrogen (secondary N) is 2. The van der Waals surface area contributed by atoms with Crippen molar-refractivity contribution in [3.63, 3.8) is 0 Å². The van der Waals surface area contributed by atoms with E-state index in [9.17, 15) is 9.50 Å². The Morgan fingerprint density at radius 1 is 1.36 bits per heavy atom. The number of aliphatic hydroxyl groups is 1. The average Bonchev–Trinajstić information content (AvgIpc) is 3.04. The lowest BCUT2D eigenvalue weighted by molar-refractivity contribution is 0.0621. The fraction of sp³-hybridized carbons (Fsp3) is 0.353. The maximum Gasteiger partial charge on any atom is 0.191 e. The molecule has 0 fully saturated rings. The summed E-state index contributed by atoms with van der Waals surface area (Å²) in [5.41, 5.74) is 0.645. The van der Waals surface area contributed by atoms with E-state index in [-0.39, 0.29) is 29.8 Å². The first-order chi connectivity index (χ1) is 11.4. The Kier molecular flexibility index (Phi) is 9.33. The lowest BCUT2D eigenvalue weighted by Gasteiger charge is -2.24. The van der Waals surface area contributed by atoms with Crippen molar-refractivity contribution < 1.29 is 9.50 Å². The highest BCUT2D eigenvalue weighted by atomic mass is 127. The van der Waals surface area contributed by atoms with Gasteiger partial charge >= 0.3 is 0 Å². The Balaban J connectivity index is 0.00000312. The van der Waals surface area contributed by atoms with Crippen LogP contribution in [0.1, 0.15) is 25.0 Å². The minimum absolute atomic E-state index is 0. The number of hydrogen-bond acceptors (Lipinski definition) is 3. The van der Waals surface area contributed by atoms with Gasteiger partial charge in [0.1, 0.15) is 11.4 Å². The second-order valence-corrected chi connectivity index (χ2v) is 7.31. The molecule has 0 saturated heterocycles. The Hall–Kier alpha value is -0.710. The van der Waals surface area contributed by atoms with Crippen LogP contribution in [-0.2, 0) is 12.1 Å². The molecule has 2 aromatic rings. The van der Waals surface area contributed by atoms with Crippen LogP contribution in [0, 0.1) is 5.82 Å². The molecule has 0 aliphatic heterocycles. The molecule has 25 heavy (non-hydrogen) atoms. The van der Waals surface area contributed by atoms with Gasteiger partial charge in [0, 0.05) is 11.0 Å². The number of nitrogens with zero attached hydrogens (tertiary/aromatic N) is 1. The van der Waals surface area contributed by atoms with E-state index in [1.807, 2.05) is 29.8 Å². The predicted octanol–water partition coefficient (Wildman–Crippen LogP) is 4.23. The van der Waals surface area contributed by atoms with Gasteiger partial charge in [-0.25, -0.2) is 9.38 Å². The van der Waals surface area contributed by atoms with Gasteiger partial charge in [-0.3, -0.25) is 0 Å². The highest BCUT2D eigenvalue weighted by Gasteiger charge is 2.23. The number of halogens is 3. The summed E-state index contributed by atoms with van der Waals surface area (Å²) in [6.07, 6.45) is 0. The number of benzene rings is 1. The SMILES string of the molecule is CCNC(=NCc1cc(F)cc(Br)c1)NCC(C)(O)c1ccsc1.I. The van der Waals surface area contributed by atoms with E-state index < -0.39 is 5.60 Å². The van der Waals surface area contributed by atoms with Crippen molar-refractivity contribution in [2.24, 2.45) is 4.99 Å². The van der Waals surface area contributed by atoms with Crippen LogP contribution in [0.4, 0.5) is 4.39 Å². The third-order valence-electron chi connectivity index (χ3n) is 3.43. The van der Waals surface area contributed by atoms with Crippen molar-refractivity contribution in [3.8, 4) is 0 Å². The Labute approximate surface area is 177 Å². The van der Waals surface area contributed by atoms with E-state index in [0.29, 0.717) is 30.1 Å². The van der Waals surface area contributed by atoms with E-state index in [1.54, 1.807) is 18.3 Å². The normalized spacial score (nSPS) is 13.7. The molecule has 4 nitrogen and oxygen atoms in total. The van der Waals surface area contributed by atoms with Crippen molar-refractivity contribution in [2.75, 3.05) is 13.1 Å². The second-order valence-electron chi connectivity index (χ2n) is 5.61. The molecule has 0 amide bonds. The van der Waals surface area contributed by atoms with Gasteiger partial charge in [0.15, 0.2) is 5.96 Å². The minimum Gasteiger partial charge on any atom is -0.384 e. The largest absolute Gasteiger partial charge is 0.384 e. The number of hydrogen-bond donors (Lipinski definition) is 3. The second kappa shape index (κ2) is 10.4. The van der Waals surface area contributed by atoms with Crippen LogP contribution in [0.3, 0.4) is 0 Å². The summed E-state index contributed by atoms with van der Waals surface area (Å²) in [6, 6.07) is 6.60. The summed E-state index contributed by atoms with van der Waals surface area (Å²) < 4.78 is 14.1. The molecular weight excluding hydrogens is 520 g/mol. The van der Waals surface area contributed by atoms with Crippen LogP contribution in [-0.4, -0.2) is 24.2 Å². The zero-order chi connectivity index (χ0) is 17.6. The maximum absolute atomic E-state index is 13.4. The fourth-order valence-electron chi connectivity index (χ4n) is 2.14. The lowest BCUT2D eigenvalue weighted by atomic mass is 9.99. The Morgan fingerprint density at radius 3 is 2.72 bits per heavy atom. The molecule has 3 N–H and O–H groups in total. The summed E-state index contributed by atoms with van der Waals surface area (Å²) in [7, 11) is 0. The Morgan fingerprint density at radius 2 is 2.12 bits per heavy atom. The van der Waals surface area contributed by atoms with E-state index in [1.165, 1.54) is 12.1 Å². The van der Waals surface area contributed by atoms with E-state index in [4.69, 9.17) is 0 Å².